The first-order valence-corrected chi connectivity index (χ1v) is 9.88. The Morgan fingerprint density at radius 2 is 1.56 bits per heavy atom. The lowest BCUT2D eigenvalue weighted by Crippen LogP contribution is -2.50. The molecule has 0 unspecified atom stereocenters. The Bertz CT molecular complexity index is 630. The van der Waals surface area contributed by atoms with E-state index in [1.165, 1.54) is 38.5 Å². The van der Waals surface area contributed by atoms with Gasteiger partial charge >= 0.3 is 5.97 Å². The number of ether oxygens (including phenoxy) is 1. The summed E-state index contributed by atoms with van der Waals surface area (Å²) in [6.45, 7) is 12.8. The molecule has 0 aliphatic heterocycles. The van der Waals surface area contributed by atoms with Crippen molar-refractivity contribution < 1.29 is 14.3 Å². The lowest BCUT2D eigenvalue weighted by atomic mass is 10.0. The summed E-state index contributed by atoms with van der Waals surface area (Å²) in [5, 5.41) is 2.70. The Kier molecular flexibility index (Phi) is 10.2. The summed E-state index contributed by atoms with van der Waals surface area (Å²) in [6, 6.07) is 6.31. The zero-order valence-corrected chi connectivity index (χ0v) is 16.8. The number of nitrogens with zero attached hydrogens (tertiary/aromatic N) is 1. The van der Waals surface area contributed by atoms with Gasteiger partial charge in [-0.25, -0.2) is 9.64 Å². The molecule has 0 heterocycles. The molecule has 1 aromatic carbocycles. The third-order valence-electron chi connectivity index (χ3n) is 4.43. The fraction of sp³-hybridized carbons (Fsp3) is 0.591. The van der Waals surface area contributed by atoms with Gasteiger partial charge < -0.3 is 10.1 Å². The molecule has 0 fully saturated rings. The normalized spacial score (nSPS) is 10.9. The number of carbonyl (C=O) groups is 2. The van der Waals surface area contributed by atoms with Gasteiger partial charge in [-0.1, -0.05) is 76.1 Å². The van der Waals surface area contributed by atoms with Gasteiger partial charge in [0, 0.05) is 5.56 Å². The minimum atomic E-state index is -1.10. The van der Waals surface area contributed by atoms with Crippen molar-refractivity contribution in [2.75, 3.05) is 6.61 Å². The largest absolute Gasteiger partial charge is 0.464 e. The van der Waals surface area contributed by atoms with Crippen LogP contribution in [-0.2, 0) is 9.53 Å². The van der Waals surface area contributed by atoms with Crippen molar-refractivity contribution in [2.45, 2.75) is 77.7 Å². The summed E-state index contributed by atoms with van der Waals surface area (Å²) >= 11 is 0. The lowest BCUT2D eigenvalue weighted by molar-refractivity contribution is -0.150. The molecule has 0 saturated heterocycles. The highest BCUT2D eigenvalue weighted by molar-refractivity contribution is 5.98. The van der Waals surface area contributed by atoms with Crippen molar-refractivity contribution in [1.29, 1.82) is 0 Å². The highest BCUT2D eigenvalue weighted by Crippen LogP contribution is 2.14. The summed E-state index contributed by atoms with van der Waals surface area (Å²) < 4.78 is 5.33. The van der Waals surface area contributed by atoms with Gasteiger partial charge in [0.15, 0.2) is 5.69 Å². The molecule has 1 aromatic rings. The first-order valence-electron chi connectivity index (χ1n) is 9.88. The number of amides is 1. The van der Waals surface area contributed by atoms with Gasteiger partial charge in [0.25, 0.3) is 5.91 Å². The molecular formula is C22H32N2O3. The second-order valence-electron chi connectivity index (χ2n) is 7.35. The van der Waals surface area contributed by atoms with Gasteiger partial charge in [0.2, 0.25) is 0 Å². The predicted octanol–water partition coefficient (Wildman–Crippen LogP) is 5.43. The van der Waals surface area contributed by atoms with Crippen LogP contribution in [0.4, 0.5) is 5.69 Å². The molecule has 0 aliphatic carbocycles. The van der Waals surface area contributed by atoms with Crippen LogP contribution in [0.15, 0.2) is 24.3 Å². The summed E-state index contributed by atoms with van der Waals surface area (Å²) in [4.78, 5) is 27.8. The van der Waals surface area contributed by atoms with Crippen LogP contribution in [0.5, 0.6) is 0 Å². The molecular weight excluding hydrogens is 340 g/mol. The molecule has 148 valence electrons. The summed E-state index contributed by atoms with van der Waals surface area (Å²) in [7, 11) is 0. The summed E-state index contributed by atoms with van der Waals surface area (Å²) in [5.41, 5.74) is -0.225. The second-order valence-corrected chi connectivity index (χ2v) is 7.35. The standard InChI is InChI=1S/C22H32N2O3/c1-5-6-7-8-9-10-11-12-17-27-21(26)22(2,3)24-20(25)18-13-15-19(23-4)16-14-18/h13-16H,5-12,17H2,1-3H3,(H,24,25). The van der Waals surface area contributed by atoms with E-state index < -0.39 is 11.5 Å². The van der Waals surface area contributed by atoms with Crippen LogP contribution < -0.4 is 5.32 Å². The van der Waals surface area contributed by atoms with Gasteiger partial charge in [-0.2, -0.15) is 0 Å². The van der Waals surface area contributed by atoms with Gasteiger partial charge in [0.1, 0.15) is 5.54 Å². The maximum atomic E-state index is 12.3. The molecule has 1 N–H and O–H groups in total. The van der Waals surface area contributed by atoms with Crippen LogP contribution in [0.3, 0.4) is 0 Å². The van der Waals surface area contributed by atoms with Gasteiger partial charge in [-0.05, 0) is 20.3 Å². The summed E-state index contributed by atoms with van der Waals surface area (Å²) in [6.07, 6.45) is 9.46. The Hall–Kier alpha value is -2.35. The molecule has 0 radical (unpaired) electrons. The second kappa shape index (κ2) is 12.1. The number of hydrogen-bond acceptors (Lipinski definition) is 3. The van der Waals surface area contributed by atoms with E-state index in [0.29, 0.717) is 17.9 Å². The van der Waals surface area contributed by atoms with Crippen molar-refractivity contribution in [1.82, 2.24) is 5.32 Å². The van der Waals surface area contributed by atoms with Crippen LogP contribution in [0.2, 0.25) is 0 Å². The Balaban J connectivity index is 2.29. The fourth-order valence-corrected chi connectivity index (χ4v) is 2.68. The molecule has 27 heavy (non-hydrogen) atoms. The number of carbonyl (C=O) groups excluding carboxylic acids is 2. The minimum absolute atomic E-state index is 0.361. The third-order valence-corrected chi connectivity index (χ3v) is 4.43. The number of benzene rings is 1. The smallest absolute Gasteiger partial charge is 0.331 e. The number of unbranched alkanes of at least 4 members (excludes halogenated alkanes) is 7. The van der Waals surface area contributed by atoms with Crippen LogP contribution in [0, 0.1) is 6.57 Å². The first-order chi connectivity index (χ1) is 12.9. The molecule has 0 saturated carbocycles. The Labute approximate surface area is 163 Å². The molecule has 0 atom stereocenters. The molecule has 5 heteroatoms. The predicted molar refractivity (Wildman–Crippen MR) is 108 cm³/mol. The Morgan fingerprint density at radius 1 is 1.00 bits per heavy atom. The molecule has 1 rings (SSSR count). The van der Waals surface area contributed by atoms with Crippen LogP contribution >= 0.6 is 0 Å². The van der Waals surface area contributed by atoms with Crippen LogP contribution in [-0.4, -0.2) is 24.0 Å². The van der Waals surface area contributed by atoms with E-state index in [2.05, 4.69) is 17.1 Å². The first kappa shape index (κ1) is 22.7. The molecule has 0 aliphatic rings. The molecule has 0 bridgehead atoms. The monoisotopic (exact) mass is 372 g/mol. The van der Waals surface area contributed by atoms with E-state index >= 15 is 0 Å². The number of esters is 1. The molecule has 1 amide bonds. The van der Waals surface area contributed by atoms with E-state index in [1.54, 1.807) is 38.1 Å². The SMILES string of the molecule is [C-]#[N+]c1ccc(C(=O)NC(C)(C)C(=O)OCCCCCCCCCC)cc1. The van der Waals surface area contributed by atoms with Crippen LogP contribution in [0.1, 0.15) is 82.5 Å². The lowest BCUT2D eigenvalue weighted by Gasteiger charge is -2.24. The molecule has 0 aromatic heterocycles. The van der Waals surface area contributed by atoms with E-state index in [0.717, 1.165) is 12.8 Å². The van der Waals surface area contributed by atoms with Crippen molar-refractivity contribution >= 4 is 17.6 Å². The van der Waals surface area contributed by atoms with Crippen molar-refractivity contribution in [3.05, 3.63) is 41.2 Å². The van der Waals surface area contributed by atoms with Gasteiger partial charge in [0.05, 0.1) is 13.2 Å². The van der Waals surface area contributed by atoms with Crippen molar-refractivity contribution in [2.24, 2.45) is 0 Å². The maximum Gasteiger partial charge on any atom is 0.331 e. The van der Waals surface area contributed by atoms with Gasteiger partial charge in [-0.3, -0.25) is 4.79 Å². The topological polar surface area (TPSA) is 59.8 Å². The Morgan fingerprint density at radius 3 is 2.11 bits per heavy atom. The average Bonchev–Trinajstić information content (AvgIpc) is 2.66. The van der Waals surface area contributed by atoms with E-state index in [-0.39, 0.29) is 5.91 Å². The quantitative estimate of drug-likeness (QED) is 0.302. The minimum Gasteiger partial charge on any atom is -0.464 e. The van der Waals surface area contributed by atoms with E-state index in [4.69, 9.17) is 11.3 Å². The van der Waals surface area contributed by atoms with E-state index in [1.807, 2.05) is 0 Å². The van der Waals surface area contributed by atoms with Gasteiger partial charge in [-0.15, -0.1) is 0 Å². The third kappa shape index (κ3) is 8.72. The van der Waals surface area contributed by atoms with Crippen molar-refractivity contribution in [3.63, 3.8) is 0 Å². The summed E-state index contributed by atoms with van der Waals surface area (Å²) in [5.74, 6) is -0.794. The molecule has 5 nitrogen and oxygen atoms in total. The van der Waals surface area contributed by atoms with Crippen LogP contribution in [0.25, 0.3) is 4.85 Å². The maximum absolute atomic E-state index is 12.3. The highest BCUT2D eigenvalue weighted by Gasteiger charge is 2.31. The number of nitrogens with one attached hydrogen (secondary N) is 1. The van der Waals surface area contributed by atoms with Crippen molar-refractivity contribution in [3.8, 4) is 0 Å². The van der Waals surface area contributed by atoms with E-state index in [9.17, 15) is 9.59 Å². The highest BCUT2D eigenvalue weighted by atomic mass is 16.5. The molecule has 0 spiro atoms. The average molecular weight is 373 g/mol. The zero-order chi connectivity index (χ0) is 20.1. The fourth-order valence-electron chi connectivity index (χ4n) is 2.68. The zero-order valence-electron chi connectivity index (χ0n) is 16.8. The number of rotatable bonds is 12. The number of hydrogen-bond donors (Lipinski definition) is 1.